The number of aryl methyl sites for hydroxylation is 1. The fraction of sp³-hybridized carbons (Fsp3) is 0.364. The van der Waals surface area contributed by atoms with E-state index in [-0.39, 0.29) is 0 Å². The highest BCUT2D eigenvalue weighted by atomic mass is 79.9. The van der Waals surface area contributed by atoms with Crippen molar-refractivity contribution >= 4 is 15.9 Å². The Kier molecular flexibility index (Phi) is 2.69. The number of rotatable bonds is 2. The van der Waals surface area contributed by atoms with Crippen molar-refractivity contribution < 1.29 is 4.42 Å². The molecule has 0 fully saturated rings. The van der Waals surface area contributed by atoms with Crippen LogP contribution in [0.25, 0.3) is 11.5 Å². The first-order valence-corrected chi connectivity index (χ1v) is 5.68. The van der Waals surface area contributed by atoms with Crippen LogP contribution in [0.1, 0.15) is 25.6 Å². The SMILES string of the molecule is Cc1ccc(-c2cnc(Br)n2C(C)C)o1. The lowest BCUT2D eigenvalue weighted by Gasteiger charge is -2.11. The van der Waals surface area contributed by atoms with E-state index in [0.29, 0.717) is 6.04 Å². The fourth-order valence-corrected chi connectivity index (χ4v) is 2.29. The zero-order valence-electron chi connectivity index (χ0n) is 8.99. The Morgan fingerprint density at radius 1 is 1.40 bits per heavy atom. The van der Waals surface area contributed by atoms with Gasteiger partial charge < -0.3 is 8.98 Å². The number of imidazole rings is 1. The maximum Gasteiger partial charge on any atom is 0.177 e. The van der Waals surface area contributed by atoms with Gasteiger partial charge in [-0.2, -0.15) is 0 Å². The van der Waals surface area contributed by atoms with E-state index in [2.05, 4.69) is 39.3 Å². The van der Waals surface area contributed by atoms with Gasteiger partial charge in [-0.25, -0.2) is 4.98 Å². The molecular weight excluding hydrogens is 256 g/mol. The summed E-state index contributed by atoms with van der Waals surface area (Å²) in [4.78, 5) is 4.24. The molecule has 0 saturated carbocycles. The van der Waals surface area contributed by atoms with Crippen LogP contribution in [0.5, 0.6) is 0 Å². The van der Waals surface area contributed by atoms with Crippen LogP contribution >= 0.6 is 15.9 Å². The standard InChI is InChI=1S/C11H13BrN2O/c1-7(2)14-9(6-13-11(14)12)10-5-4-8(3)15-10/h4-7H,1-3H3. The molecule has 2 rings (SSSR count). The molecule has 0 saturated heterocycles. The van der Waals surface area contributed by atoms with E-state index in [0.717, 1.165) is 21.9 Å². The Balaban J connectivity index is 2.53. The molecule has 2 aromatic rings. The van der Waals surface area contributed by atoms with Gasteiger partial charge in [-0.15, -0.1) is 0 Å². The quantitative estimate of drug-likeness (QED) is 0.830. The van der Waals surface area contributed by atoms with Crippen LogP contribution in [-0.2, 0) is 0 Å². The largest absolute Gasteiger partial charge is 0.460 e. The molecule has 0 unspecified atom stereocenters. The summed E-state index contributed by atoms with van der Waals surface area (Å²) in [5, 5.41) is 0. The van der Waals surface area contributed by atoms with E-state index in [1.54, 1.807) is 0 Å². The molecule has 0 radical (unpaired) electrons. The van der Waals surface area contributed by atoms with Gasteiger partial charge in [0, 0.05) is 6.04 Å². The van der Waals surface area contributed by atoms with Gasteiger partial charge in [0.1, 0.15) is 11.5 Å². The summed E-state index contributed by atoms with van der Waals surface area (Å²) >= 11 is 3.43. The van der Waals surface area contributed by atoms with Crippen molar-refractivity contribution in [3.05, 3.63) is 28.8 Å². The average molecular weight is 269 g/mol. The Bertz CT molecular complexity index is 471. The number of nitrogens with zero attached hydrogens (tertiary/aromatic N) is 2. The predicted octanol–water partition coefficient (Wildman–Crippen LogP) is 3.79. The van der Waals surface area contributed by atoms with Crippen molar-refractivity contribution in [1.29, 1.82) is 0 Å². The van der Waals surface area contributed by atoms with Crippen LogP contribution in [-0.4, -0.2) is 9.55 Å². The summed E-state index contributed by atoms with van der Waals surface area (Å²) in [6.45, 7) is 6.17. The predicted molar refractivity (Wildman–Crippen MR) is 62.8 cm³/mol. The third-order valence-corrected chi connectivity index (χ3v) is 2.85. The molecule has 2 heterocycles. The molecule has 80 valence electrons. The van der Waals surface area contributed by atoms with Crippen LogP contribution < -0.4 is 0 Å². The molecule has 0 N–H and O–H groups in total. The van der Waals surface area contributed by atoms with E-state index in [1.165, 1.54) is 0 Å². The minimum atomic E-state index is 0.349. The number of halogens is 1. The smallest absolute Gasteiger partial charge is 0.177 e. The van der Waals surface area contributed by atoms with Gasteiger partial charge in [0.05, 0.1) is 6.20 Å². The molecule has 0 amide bonds. The van der Waals surface area contributed by atoms with Crippen LogP contribution in [0.3, 0.4) is 0 Å². The van der Waals surface area contributed by atoms with Crippen molar-refractivity contribution in [3.63, 3.8) is 0 Å². The van der Waals surface area contributed by atoms with Gasteiger partial charge in [0.2, 0.25) is 0 Å². The molecule has 0 atom stereocenters. The normalized spacial score (nSPS) is 11.3. The highest BCUT2D eigenvalue weighted by molar-refractivity contribution is 9.10. The second-order valence-electron chi connectivity index (χ2n) is 3.79. The number of hydrogen-bond donors (Lipinski definition) is 0. The fourth-order valence-electron chi connectivity index (χ4n) is 1.58. The van der Waals surface area contributed by atoms with Crippen LogP contribution in [0.4, 0.5) is 0 Å². The van der Waals surface area contributed by atoms with Crippen molar-refractivity contribution in [3.8, 4) is 11.5 Å². The molecule has 4 heteroatoms. The first kappa shape index (κ1) is 10.5. The summed E-state index contributed by atoms with van der Waals surface area (Å²) in [7, 11) is 0. The third kappa shape index (κ3) is 1.86. The first-order valence-electron chi connectivity index (χ1n) is 4.89. The number of furan rings is 1. The van der Waals surface area contributed by atoms with E-state index >= 15 is 0 Å². The second-order valence-corrected chi connectivity index (χ2v) is 4.50. The molecule has 3 nitrogen and oxygen atoms in total. The monoisotopic (exact) mass is 268 g/mol. The molecule has 0 bridgehead atoms. The Labute approximate surface area is 97.2 Å². The topological polar surface area (TPSA) is 31.0 Å². The van der Waals surface area contributed by atoms with Crippen LogP contribution in [0, 0.1) is 6.92 Å². The van der Waals surface area contributed by atoms with Crippen molar-refractivity contribution in [1.82, 2.24) is 9.55 Å². The van der Waals surface area contributed by atoms with E-state index in [4.69, 9.17) is 4.42 Å². The minimum Gasteiger partial charge on any atom is -0.460 e. The summed E-state index contributed by atoms with van der Waals surface area (Å²) in [5.41, 5.74) is 1.00. The second kappa shape index (κ2) is 3.85. The van der Waals surface area contributed by atoms with Crippen molar-refractivity contribution in [2.45, 2.75) is 26.8 Å². The maximum atomic E-state index is 5.59. The molecule has 0 spiro atoms. The summed E-state index contributed by atoms with van der Waals surface area (Å²) < 4.78 is 8.52. The summed E-state index contributed by atoms with van der Waals surface area (Å²) in [6, 6.07) is 4.28. The molecule has 0 aliphatic heterocycles. The van der Waals surface area contributed by atoms with Gasteiger partial charge in [-0.05, 0) is 48.8 Å². The highest BCUT2D eigenvalue weighted by Crippen LogP contribution is 2.28. The van der Waals surface area contributed by atoms with E-state index < -0.39 is 0 Å². The van der Waals surface area contributed by atoms with Gasteiger partial charge in [0.25, 0.3) is 0 Å². The third-order valence-electron chi connectivity index (χ3n) is 2.26. The first-order chi connectivity index (χ1) is 7.09. The van der Waals surface area contributed by atoms with Crippen molar-refractivity contribution in [2.75, 3.05) is 0 Å². The van der Waals surface area contributed by atoms with Gasteiger partial charge in [-0.1, -0.05) is 0 Å². The maximum absolute atomic E-state index is 5.59. The van der Waals surface area contributed by atoms with E-state index in [9.17, 15) is 0 Å². The molecular formula is C11H13BrN2O. The molecule has 0 aromatic carbocycles. The average Bonchev–Trinajstić information content (AvgIpc) is 2.71. The highest BCUT2D eigenvalue weighted by Gasteiger charge is 2.14. The summed E-state index contributed by atoms with van der Waals surface area (Å²) in [5.74, 6) is 1.78. The molecule has 0 aliphatic carbocycles. The lowest BCUT2D eigenvalue weighted by molar-refractivity contribution is 0.529. The molecule has 15 heavy (non-hydrogen) atoms. The van der Waals surface area contributed by atoms with Gasteiger partial charge in [-0.3, -0.25) is 0 Å². The van der Waals surface area contributed by atoms with Crippen LogP contribution in [0.15, 0.2) is 27.5 Å². The zero-order valence-corrected chi connectivity index (χ0v) is 10.6. The van der Waals surface area contributed by atoms with Crippen LogP contribution in [0.2, 0.25) is 0 Å². The minimum absolute atomic E-state index is 0.349. The number of hydrogen-bond acceptors (Lipinski definition) is 2. The van der Waals surface area contributed by atoms with Gasteiger partial charge >= 0.3 is 0 Å². The lowest BCUT2D eigenvalue weighted by atomic mass is 10.3. The Hall–Kier alpha value is -1.03. The Morgan fingerprint density at radius 3 is 2.67 bits per heavy atom. The summed E-state index contributed by atoms with van der Waals surface area (Å²) in [6.07, 6.45) is 1.82. The zero-order chi connectivity index (χ0) is 11.0. The molecule has 0 aliphatic rings. The lowest BCUT2D eigenvalue weighted by Crippen LogP contribution is -2.02. The molecule has 2 aromatic heterocycles. The van der Waals surface area contributed by atoms with Crippen molar-refractivity contribution in [2.24, 2.45) is 0 Å². The Morgan fingerprint density at radius 2 is 2.13 bits per heavy atom. The van der Waals surface area contributed by atoms with Gasteiger partial charge in [0.15, 0.2) is 10.5 Å². The van der Waals surface area contributed by atoms with E-state index in [1.807, 2.05) is 25.3 Å². The number of aromatic nitrogens is 2.